The molecule has 0 amide bonds. The van der Waals surface area contributed by atoms with E-state index < -0.39 is 0 Å². The fraction of sp³-hybridized carbons (Fsp3) is 0.625. The van der Waals surface area contributed by atoms with Crippen molar-refractivity contribution in [2.75, 3.05) is 13.1 Å². The van der Waals surface area contributed by atoms with Crippen LogP contribution in [0.25, 0.3) is 11.0 Å². The molecule has 3 heterocycles. The number of fused-ring (bicyclic) bond motifs is 1. The summed E-state index contributed by atoms with van der Waals surface area (Å²) in [7, 11) is 2.09. The van der Waals surface area contributed by atoms with Crippen LogP contribution in [-0.4, -0.2) is 38.6 Å². The SMILES string of the molecule is CC1CC(CCN)CCN1Cc1nc2cnccc2n1C. The Morgan fingerprint density at radius 3 is 3.00 bits per heavy atom. The number of aromatic nitrogens is 3. The van der Waals surface area contributed by atoms with Crippen LogP contribution in [0.4, 0.5) is 0 Å². The molecule has 0 saturated carbocycles. The highest BCUT2D eigenvalue weighted by atomic mass is 15.2. The third-order valence-corrected chi connectivity index (χ3v) is 4.82. The highest BCUT2D eigenvalue weighted by Gasteiger charge is 2.26. The number of imidazole rings is 1. The van der Waals surface area contributed by atoms with E-state index in [2.05, 4.69) is 28.4 Å². The maximum Gasteiger partial charge on any atom is 0.123 e. The molecule has 2 aromatic rings. The van der Waals surface area contributed by atoms with Gasteiger partial charge in [0.25, 0.3) is 0 Å². The zero-order valence-electron chi connectivity index (χ0n) is 13.0. The first-order chi connectivity index (χ1) is 10.2. The summed E-state index contributed by atoms with van der Waals surface area (Å²) < 4.78 is 2.19. The molecule has 0 aliphatic carbocycles. The molecule has 3 rings (SSSR count). The Hall–Kier alpha value is -1.46. The molecule has 2 unspecified atom stereocenters. The van der Waals surface area contributed by atoms with Crippen molar-refractivity contribution >= 4 is 11.0 Å². The van der Waals surface area contributed by atoms with Crippen LogP contribution < -0.4 is 5.73 Å². The van der Waals surface area contributed by atoms with Crippen LogP contribution in [-0.2, 0) is 13.6 Å². The molecule has 21 heavy (non-hydrogen) atoms. The Bertz CT molecular complexity index is 606. The quantitative estimate of drug-likeness (QED) is 0.933. The van der Waals surface area contributed by atoms with Gasteiger partial charge in [-0.05, 0) is 51.3 Å². The third kappa shape index (κ3) is 2.94. The minimum absolute atomic E-state index is 0.605. The van der Waals surface area contributed by atoms with E-state index in [1.165, 1.54) is 12.8 Å². The highest BCUT2D eigenvalue weighted by molar-refractivity contribution is 5.74. The van der Waals surface area contributed by atoms with Gasteiger partial charge in [-0.25, -0.2) is 4.98 Å². The van der Waals surface area contributed by atoms with Crippen LogP contribution in [0.5, 0.6) is 0 Å². The van der Waals surface area contributed by atoms with E-state index in [4.69, 9.17) is 10.7 Å². The molecule has 1 saturated heterocycles. The second-order valence-electron chi connectivity index (χ2n) is 6.24. The van der Waals surface area contributed by atoms with Crippen molar-refractivity contribution < 1.29 is 0 Å². The summed E-state index contributed by atoms with van der Waals surface area (Å²) in [6.45, 7) is 5.21. The van der Waals surface area contributed by atoms with Gasteiger partial charge in [-0.1, -0.05) is 0 Å². The molecule has 5 nitrogen and oxygen atoms in total. The van der Waals surface area contributed by atoms with Gasteiger partial charge in [0.1, 0.15) is 11.3 Å². The molecule has 0 spiro atoms. The Kier molecular flexibility index (Phi) is 4.22. The Balaban J connectivity index is 1.72. The summed E-state index contributed by atoms with van der Waals surface area (Å²) in [5.41, 5.74) is 7.84. The number of aryl methyl sites for hydroxylation is 1. The molecule has 1 aliphatic heterocycles. The fourth-order valence-electron chi connectivity index (χ4n) is 3.48. The summed E-state index contributed by atoms with van der Waals surface area (Å²) in [6, 6.07) is 2.64. The van der Waals surface area contributed by atoms with Crippen molar-refractivity contribution in [1.29, 1.82) is 0 Å². The number of nitrogens with zero attached hydrogens (tertiary/aromatic N) is 4. The van der Waals surface area contributed by atoms with Gasteiger partial charge in [0.05, 0.1) is 18.3 Å². The lowest BCUT2D eigenvalue weighted by Gasteiger charge is -2.37. The molecule has 0 aromatic carbocycles. The van der Waals surface area contributed by atoms with E-state index >= 15 is 0 Å². The van der Waals surface area contributed by atoms with Crippen LogP contribution in [0.2, 0.25) is 0 Å². The standard InChI is InChI=1S/C16H25N5/c1-12-9-13(3-6-17)5-8-21(12)11-16-19-14-10-18-7-4-15(14)20(16)2/h4,7,10,12-13H,3,5-6,8-9,11,17H2,1-2H3. The molecular formula is C16H25N5. The summed E-state index contributed by atoms with van der Waals surface area (Å²) >= 11 is 0. The van der Waals surface area contributed by atoms with E-state index in [1.54, 1.807) is 0 Å². The average molecular weight is 287 g/mol. The Morgan fingerprint density at radius 2 is 2.29 bits per heavy atom. The zero-order valence-corrected chi connectivity index (χ0v) is 13.0. The summed E-state index contributed by atoms with van der Waals surface area (Å²) in [4.78, 5) is 11.4. The van der Waals surface area contributed by atoms with Gasteiger partial charge in [-0.15, -0.1) is 0 Å². The molecule has 5 heteroatoms. The number of rotatable bonds is 4. The molecule has 2 N–H and O–H groups in total. The lowest BCUT2D eigenvalue weighted by atomic mass is 9.89. The molecular weight excluding hydrogens is 262 g/mol. The zero-order chi connectivity index (χ0) is 14.8. The molecule has 1 fully saturated rings. The van der Waals surface area contributed by atoms with Gasteiger partial charge in [0, 0.05) is 19.3 Å². The van der Waals surface area contributed by atoms with Gasteiger partial charge in [0.15, 0.2) is 0 Å². The van der Waals surface area contributed by atoms with Gasteiger partial charge < -0.3 is 10.3 Å². The molecule has 2 aromatic heterocycles. The van der Waals surface area contributed by atoms with Gasteiger partial charge in [-0.2, -0.15) is 0 Å². The summed E-state index contributed by atoms with van der Waals surface area (Å²) in [5.74, 6) is 1.92. The fourth-order valence-corrected chi connectivity index (χ4v) is 3.48. The van der Waals surface area contributed by atoms with E-state index in [0.717, 1.165) is 48.8 Å². The largest absolute Gasteiger partial charge is 0.330 e. The first-order valence-corrected chi connectivity index (χ1v) is 7.88. The monoisotopic (exact) mass is 287 g/mol. The summed E-state index contributed by atoms with van der Waals surface area (Å²) in [6.07, 6.45) is 7.34. The van der Waals surface area contributed by atoms with Crippen molar-refractivity contribution in [2.24, 2.45) is 18.7 Å². The second-order valence-corrected chi connectivity index (χ2v) is 6.24. The Morgan fingerprint density at radius 1 is 1.43 bits per heavy atom. The number of nitrogens with two attached hydrogens (primary N) is 1. The molecule has 1 aliphatic rings. The van der Waals surface area contributed by atoms with E-state index in [0.29, 0.717) is 6.04 Å². The number of pyridine rings is 1. The van der Waals surface area contributed by atoms with E-state index in [9.17, 15) is 0 Å². The van der Waals surface area contributed by atoms with Crippen molar-refractivity contribution in [3.8, 4) is 0 Å². The lowest BCUT2D eigenvalue weighted by Crippen LogP contribution is -2.41. The van der Waals surface area contributed by atoms with Crippen LogP contribution in [0, 0.1) is 5.92 Å². The average Bonchev–Trinajstić information content (AvgIpc) is 2.79. The van der Waals surface area contributed by atoms with Crippen molar-refractivity contribution in [1.82, 2.24) is 19.4 Å². The van der Waals surface area contributed by atoms with Crippen molar-refractivity contribution in [2.45, 2.75) is 38.8 Å². The van der Waals surface area contributed by atoms with E-state index in [-0.39, 0.29) is 0 Å². The predicted molar refractivity (Wildman–Crippen MR) is 84.8 cm³/mol. The number of hydrogen-bond acceptors (Lipinski definition) is 4. The minimum atomic E-state index is 0.605. The minimum Gasteiger partial charge on any atom is -0.330 e. The third-order valence-electron chi connectivity index (χ3n) is 4.82. The topological polar surface area (TPSA) is 60.0 Å². The first kappa shape index (κ1) is 14.5. The normalized spacial score (nSPS) is 23.8. The van der Waals surface area contributed by atoms with Crippen molar-refractivity contribution in [3.63, 3.8) is 0 Å². The maximum atomic E-state index is 5.69. The van der Waals surface area contributed by atoms with Crippen molar-refractivity contribution in [3.05, 3.63) is 24.3 Å². The summed E-state index contributed by atoms with van der Waals surface area (Å²) in [5, 5.41) is 0. The van der Waals surface area contributed by atoms with Gasteiger partial charge in [-0.3, -0.25) is 9.88 Å². The van der Waals surface area contributed by atoms with Crippen LogP contribution in [0.1, 0.15) is 32.0 Å². The first-order valence-electron chi connectivity index (χ1n) is 7.88. The van der Waals surface area contributed by atoms with Gasteiger partial charge >= 0.3 is 0 Å². The molecule has 0 bridgehead atoms. The maximum absolute atomic E-state index is 5.69. The van der Waals surface area contributed by atoms with Crippen LogP contribution in [0.3, 0.4) is 0 Å². The lowest BCUT2D eigenvalue weighted by molar-refractivity contribution is 0.109. The Labute approximate surface area is 126 Å². The van der Waals surface area contributed by atoms with Gasteiger partial charge in [0.2, 0.25) is 0 Å². The number of likely N-dealkylation sites (tertiary alicyclic amines) is 1. The smallest absolute Gasteiger partial charge is 0.123 e. The molecule has 0 radical (unpaired) electrons. The van der Waals surface area contributed by atoms with E-state index in [1.807, 2.05) is 18.5 Å². The molecule has 2 atom stereocenters. The second kappa shape index (κ2) is 6.12. The molecule has 114 valence electrons. The van der Waals surface area contributed by atoms with Crippen LogP contribution in [0.15, 0.2) is 18.5 Å². The number of piperidine rings is 1. The highest BCUT2D eigenvalue weighted by Crippen LogP contribution is 2.26. The predicted octanol–water partition coefficient (Wildman–Crippen LogP) is 1.92. The van der Waals surface area contributed by atoms with Crippen LogP contribution >= 0.6 is 0 Å². The number of hydrogen-bond donors (Lipinski definition) is 1.